The summed E-state index contributed by atoms with van der Waals surface area (Å²) in [5, 5.41) is 4.33. The number of ether oxygens (including phenoxy) is 1. The van der Waals surface area contributed by atoms with E-state index < -0.39 is 0 Å². The molecule has 1 amide bonds. The first-order valence-electron chi connectivity index (χ1n) is 7.99. The topological polar surface area (TPSA) is 41.9 Å². The lowest BCUT2D eigenvalue weighted by Gasteiger charge is -2.31. The smallest absolute Gasteiger partial charge is 0.418 e. The van der Waals surface area contributed by atoms with Crippen LogP contribution < -0.4 is 0 Å². The van der Waals surface area contributed by atoms with Gasteiger partial charge in [0.25, 0.3) is 5.84 Å². The standard InChI is InChI=1S/C19H18N3O2/c1-2-24-19(23)22-12-10-20-18(22)9-11-21(22)14-15-7-8-16-5-3-4-6-17(16)13-15/h3-13H,2,14H2,1H3/q+1. The molecule has 0 aromatic heterocycles. The Labute approximate surface area is 140 Å². The Balaban J connectivity index is 1.67. The van der Waals surface area contributed by atoms with Crippen LogP contribution in [0.15, 0.2) is 72.1 Å². The van der Waals surface area contributed by atoms with E-state index >= 15 is 0 Å². The molecule has 2 aromatic rings. The van der Waals surface area contributed by atoms with E-state index in [1.165, 1.54) is 10.8 Å². The second-order valence-corrected chi connectivity index (χ2v) is 5.76. The minimum Gasteiger partial charge on any atom is -0.418 e. The van der Waals surface area contributed by atoms with Crippen molar-refractivity contribution >= 4 is 22.7 Å². The number of amides is 1. The minimum absolute atomic E-state index is 0.124. The molecule has 0 radical (unpaired) electrons. The second kappa shape index (κ2) is 5.62. The molecule has 2 heterocycles. The van der Waals surface area contributed by atoms with Crippen LogP contribution >= 0.6 is 0 Å². The summed E-state index contributed by atoms with van der Waals surface area (Å²) >= 11 is 0. The number of aliphatic imine (C=N–C) groups is 1. The van der Waals surface area contributed by atoms with Gasteiger partial charge in [0.1, 0.15) is 0 Å². The van der Waals surface area contributed by atoms with Gasteiger partial charge in [-0.3, -0.25) is 0 Å². The summed E-state index contributed by atoms with van der Waals surface area (Å²) in [4.78, 5) is 16.9. The molecule has 2 aromatic carbocycles. The van der Waals surface area contributed by atoms with Gasteiger partial charge in [0.2, 0.25) is 0 Å². The van der Waals surface area contributed by atoms with Crippen molar-refractivity contribution in [3.05, 3.63) is 72.7 Å². The molecule has 0 saturated carbocycles. The highest BCUT2D eigenvalue weighted by Crippen LogP contribution is 2.31. The third-order valence-corrected chi connectivity index (χ3v) is 4.34. The lowest BCUT2D eigenvalue weighted by molar-refractivity contribution is -0.832. The van der Waals surface area contributed by atoms with Gasteiger partial charge in [0.15, 0.2) is 6.20 Å². The Morgan fingerprint density at radius 1 is 1.21 bits per heavy atom. The summed E-state index contributed by atoms with van der Waals surface area (Å²) in [5.41, 5.74) is 1.13. The van der Waals surface area contributed by atoms with Crippen LogP contribution in [0.1, 0.15) is 12.5 Å². The molecule has 4 rings (SSSR count). The molecule has 120 valence electrons. The first-order chi connectivity index (χ1) is 11.7. The number of hydrogen-bond acceptors (Lipinski definition) is 4. The Morgan fingerprint density at radius 3 is 2.88 bits per heavy atom. The van der Waals surface area contributed by atoms with E-state index in [1.54, 1.807) is 12.4 Å². The van der Waals surface area contributed by atoms with E-state index in [2.05, 4.69) is 35.3 Å². The first-order valence-corrected chi connectivity index (χ1v) is 7.99. The van der Waals surface area contributed by atoms with Gasteiger partial charge in [-0.1, -0.05) is 36.4 Å². The molecule has 0 aliphatic carbocycles. The maximum absolute atomic E-state index is 12.6. The lowest BCUT2D eigenvalue weighted by Crippen LogP contribution is -2.56. The minimum atomic E-state index is -0.337. The molecule has 5 nitrogen and oxygen atoms in total. The largest absolute Gasteiger partial charge is 0.553 e. The van der Waals surface area contributed by atoms with Crippen molar-refractivity contribution in [3.8, 4) is 0 Å². The van der Waals surface area contributed by atoms with Crippen molar-refractivity contribution in [2.75, 3.05) is 6.61 Å². The number of fused-ring (bicyclic) bond motifs is 2. The van der Waals surface area contributed by atoms with Crippen LogP contribution in [0.3, 0.4) is 0 Å². The van der Waals surface area contributed by atoms with E-state index in [9.17, 15) is 4.79 Å². The third-order valence-electron chi connectivity index (χ3n) is 4.34. The van der Waals surface area contributed by atoms with Crippen LogP contribution in [-0.2, 0) is 11.3 Å². The van der Waals surface area contributed by atoms with Crippen molar-refractivity contribution in [1.82, 2.24) is 5.01 Å². The summed E-state index contributed by atoms with van der Waals surface area (Å²) in [6, 6.07) is 14.6. The molecule has 2 aliphatic rings. The summed E-state index contributed by atoms with van der Waals surface area (Å²) in [7, 11) is 0. The van der Waals surface area contributed by atoms with Crippen molar-refractivity contribution in [2.45, 2.75) is 13.5 Å². The normalized spacial score (nSPS) is 21.2. The summed E-state index contributed by atoms with van der Waals surface area (Å²) in [6.45, 7) is 2.73. The summed E-state index contributed by atoms with van der Waals surface area (Å²) in [6.07, 6.45) is 6.83. The van der Waals surface area contributed by atoms with Gasteiger partial charge in [0, 0.05) is 6.08 Å². The number of nitrogens with zero attached hydrogens (tertiary/aromatic N) is 3. The number of amidine groups is 1. The maximum atomic E-state index is 12.6. The predicted molar refractivity (Wildman–Crippen MR) is 92.5 cm³/mol. The van der Waals surface area contributed by atoms with Crippen LogP contribution in [0.25, 0.3) is 10.8 Å². The Kier molecular flexibility index (Phi) is 3.43. The maximum Gasteiger partial charge on any atom is 0.553 e. The fourth-order valence-electron chi connectivity index (χ4n) is 3.17. The number of benzene rings is 2. The second-order valence-electron chi connectivity index (χ2n) is 5.76. The summed E-state index contributed by atoms with van der Waals surface area (Å²) < 4.78 is 5.16. The van der Waals surface area contributed by atoms with Crippen molar-refractivity contribution in [2.24, 2.45) is 4.99 Å². The molecule has 0 N–H and O–H groups in total. The molecule has 1 atom stereocenters. The van der Waals surface area contributed by atoms with Gasteiger partial charge >= 0.3 is 6.09 Å². The van der Waals surface area contributed by atoms with E-state index in [4.69, 9.17) is 4.74 Å². The highest BCUT2D eigenvalue weighted by molar-refractivity contribution is 5.96. The fourth-order valence-corrected chi connectivity index (χ4v) is 3.17. The molecular weight excluding hydrogens is 302 g/mol. The zero-order chi connectivity index (χ0) is 16.6. The van der Waals surface area contributed by atoms with Crippen LogP contribution in [0, 0.1) is 0 Å². The van der Waals surface area contributed by atoms with Crippen molar-refractivity contribution < 1.29 is 14.1 Å². The molecule has 0 bridgehead atoms. The predicted octanol–water partition coefficient (Wildman–Crippen LogP) is 3.94. The van der Waals surface area contributed by atoms with Gasteiger partial charge < -0.3 is 4.74 Å². The van der Waals surface area contributed by atoms with Gasteiger partial charge in [-0.2, -0.15) is 9.79 Å². The quantitative estimate of drug-likeness (QED) is 0.804. The Morgan fingerprint density at radius 2 is 2.04 bits per heavy atom. The molecule has 24 heavy (non-hydrogen) atoms. The van der Waals surface area contributed by atoms with E-state index in [0.29, 0.717) is 19.0 Å². The zero-order valence-electron chi connectivity index (χ0n) is 13.4. The number of carbonyl (C=O) groups is 1. The molecular formula is C19H18N3O2+. The van der Waals surface area contributed by atoms with E-state index in [-0.39, 0.29) is 10.7 Å². The monoisotopic (exact) mass is 320 g/mol. The van der Waals surface area contributed by atoms with Crippen LogP contribution in [0.2, 0.25) is 0 Å². The van der Waals surface area contributed by atoms with Gasteiger partial charge in [-0.25, -0.2) is 5.01 Å². The molecule has 2 aliphatic heterocycles. The number of rotatable bonds is 3. The number of hydrogen-bond donors (Lipinski definition) is 0. The SMILES string of the molecule is CCOC(=O)[N+]12C=CN=C1C=CN2Cc1ccc2ccccc2c1. The number of carbonyl (C=O) groups excluding carboxylic acids is 1. The van der Waals surface area contributed by atoms with Crippen LogP contribution in [0.4, 0.5) is 4.79 Å². The lowest BCUT2D eigenvalue weighted by atomic mass is 10.1. The molecule has 0 fully saturated rings. The van der Waals surface area contributed by atoms with Crippen LogP contribution in [0.5, 0.6) is 0 Å². The molecule has 1 unspecified atom stereocenters. The van der Waals surface area contributed by atoms with Crippen molar-refractivity contribution in [1.29, 1.82) is 0 Å². The number of quaternary nitrogens is 1. The Hall–Kier alpha value is -2.92. The summed E-state index contributed by atoms with van der Waals surface area (Å²) in [5.74, 6) is 0.661. The fraction of sp³-hybridized carbons (Fsp3) is 0.158. The average molecular weight is 320 g/mol. The van der Waals surface area contributed by atoms with Crippen molar-refractivity contribution in [3.63, 3.8) is 0 Å². The average Bonchev–Trinajstić information content (AvgIpc) is 3.16. The molecule has 0 saturated heterocycles. The zero-order valence-corrected chi connectivity index (χ0v) is 13.4. The first kappa shape index (κ1) is 14.7. The highest BCUT2D eigenvalue weighted by atomic mass is 16.6. The van der Waals surface area contributed by atoms with Gasteiger partial charge in [-0.05, 0) is 33.9 Å². The third kappa shape index (κ3) is 2.13. The highest BCUT2D eigenvalue weighted by Gasteiger charge is 2.53. The van der Waals surface area contributed by atoms with Crippen LogP contribution in [-0.4, -0.2) is 28.1 Å². The molecule has 0 spiro atoms. The van der Waals surface area contributed by atoms with Gasteiger partial charge in [-0.15, -0.1) is 0 Å². The van der Waals surface area contributed by atoms with E-state index in [1.807, 2.05) is 36.3 Å². The van der Waals surface area contributed by atoms with E-state index in [0.717, 1.165) is 5.56 Å². The molecule has 5 heteroatoms. The van der Waals surface area contributed by atoms with Gasteiger partial charge in [0.05, 0.1) is 25.6 Å². The Bertz CT molecular complexity index is 900.